The topological polar surface area (TPSA) is 72.3 Å². The van der Waals surface area contributed by atoms with Crippen LogP contribution in [0.1, 0.15) is 60.9 Å². The molecule has 0 unspecified atom stereocenters. The van der Waals surface area contributed by atoms with Crippen molar-refractivity contribution in [3.8, 4) is 5.69 Å². The summed E-state index contributed by atoms with van der Waals surface area (Å²) in [5, 5.41) is 11.6. The first-order chi connectivity index (χ1) is 14.5. The van der Waals surface area contributed by atoms with Crippen molar-refractivity contribution in [2.75, 3.05) is 19.8 Å². The van der Waals surface area contributed by atoms with Gasteiger partial charge in [-0.05, 0) is 56.2 Å². The van der Waals surface area contributed by atoms with Crippen LogP contribution < -0.4 is 5.32 Å². The molecule has 2 aliphatic rings. The van der Waals surface area contributed by atoms with Gasteiger partial charge in [-0.3, -0.25) is 9.69 Å². The third-order valence-corrected chi connectivity index (χ3v) is 6.67. The quantitative estimate of drug-likeness (QED) is 0.819. The molecule has 1 atom stereocenters. The van der Waals surface area contributed by atoms with E-state index in [1.165, 1.54) is 11.1 Å². The van der Waals surface area contributed by atoms with Gasteiger partial charge in [-0.2, -0.15) is 0 Å². The minimum atomic E-state index is -0.157. The smallest absolute Gasteiger partial charge is 0.273 e. The fraction of sp³-hybridized carbons (Fsp3) is 0.609. The van der Waals surface area contributed by atoms with Crippen LogP contribution in [0.15, 0.2) is 18.2 Å². The van der Waals surface area contributed by atoms with Crippen LogP contribution >= 0.6 is 0 Å². The minimum absolute atomic E-state index is 0.0858. The molecule has 0 radical (unpaired) electrons. The zero-order chi connectivity index (χ0) is 21.3. The number of carbonyl (C=O) groups is 1. The van der Waals surface area contributed by atoms with Crippen LogP contribution in [0.5, 0.6) is 0 Å². The molecule has 30 heavy (non-hydrogen) atoms. The molecule has 1 aromatic heterocycles. The molecule has 0 bridgehead atoms. The zero-order valence-electron chi connectivity index (χ0n) is 18.5. The number of aromatic nitrogens is 3. The first-order valence-corrected chi connectivity index (χ1v) is 11.1. The molecule has 1 amide bonds. The number of fused-ring (bicyclic) bond motifs is 1. The van der Waals surface area contributed by atoms with Gasteiger partial charge in [0.25, 0.3) is 5.91 Å². The molecule has 0 aliphatic carbocycles. The van der Waals surface area contributed by atoms with Gasteiger partial charge in [0, 0.05) is 38.4 Å². The van der Waals surface area contributed by atoms with Gasteiger partial charge in [0.1, 0.15) is 0 Å². The second-order valence-electron chi connectivity index (χ2n) is 8.92. The summed E-state index contributed by atoms with van der Waals surface area (Å²) in [6, 6.07) is 7.09. The Kier molecular flexibility index (Phi) is 6.20. The van der Waals surface area contributed by atoms with Crippen LogP contribution in [-0.4, -0.2) is 57.6 Å². The highest BCUT2D eigenvalue weighted by molar-refractivity contribution is 5.93. The third kappa shape index (κ3) is 4.14. The van der Waals surface area contributed by atoms with Crippen molar-refractivity contribution in [1.29, 1.82) is 0 Å². The van der Waals surface area contributed by atoms with Crippen molar-refractivity contribution >= 4 is 5.91 Å². The maximum atomic E-state index is 12.7. The second-order valence-corrected chi connectivity index (χ2v) is 8.92. The Bertz CT molecular complexity index is 901. The van der Waals surface area contributed by atoms with Gasteiger partial charge in [-0.1, -0.05) is 31.2 Å². The van der Waals surface area contributed by atoms with E-state index in [2.05, 4.69) is 52.6 Å². The van der Waals surface area contributed by atoms with E-state index in [1.807, 2.05) is 18.5 Å². The molecular weight excluding hydrogens is 378 g/mol. The summed E-state index contributed by atoms with van der Waals surface area (Å²) in [6.45, 7) is 11.9. The summed E-state index contributed by atoms with van der Waals surface area (Å²) in [5.41, 5.74) is 4.89. The van der Waals surface area contributed by atoms with Crippen molar-refractivity contribution in [2.45, 2.75) is 65.6 Å². The van der Waals surface area contributed by atoms with E-state index < -0.39 is 0 Å². The van der Waals surface area contributed by atoms with E-state index in [-0.39, 0.29) is 11.9 Å². The lowest BCUT2D eigenvalue weighted by Crippen LogP contribution is -2.42. The molecule has 1 N–H and O–H groups in total. The molecule has 7 heteroatoms. The molecule has 4 rings (SSSR count). The summed E-state index contributed by atoms with van der Waals surface area (Å²) in [6.07, 6.45) is 3.21. The van der Waals surface area contributed by atoms with Crippen LogP contribution in [0.25, 0.3) is 5.69 Å². The Morgan fingerprint density at radius 2 is 2.00 bits per heavy atom. The van der Waals surface area contributed by atoms with E-state index in [4.69, 9.17) is 4.74 Å². The summed E-state index contributed by atoms with van der Waals surface area (Å²) in [5.74, 6) is 0.208. The van der Waals surface area contributed by atoms with Crippen LogP contribution in [0.2, 0.25) is 0 Å². The molecule has 162 valence electrons. The monoisotopic (exact) mass is 411 g/mol. The highest BCUT2D eigenvalue weighted by Crippen LogP contribution is 2.29. The molecule has 7 nitrogen and oxygen atoms in total. The number of rotatable bonds is 5. The number of nitrogens with one attached hydrogen (secondary N) is 1. The summed E-state index contributed by atoms with van der Waals surface area (Å²) < 4.78 is 7.36. The Hall–Kier alpha value is -2.25. The van der Waals surface area contributed by atoms with Gasteiger partial charge >= 0.3 is 0 Å². The molecule has 2 aromatic rings. The number of amides is 1. The summed E-state index contributed by atoms with van der Waals surface area (Å²) >= 11 is 0. The molecular formula is C23H33N5O2. The average Bonchev–Trinajstić information content (AvgIpc) is 3.14. The van der Waals surface area contributed by atoms with Crippen molar-refractivity contribution < 1.29 is 9.53 Å². The number of hydrogen-bond donors (Lipinski definition) is 1. The fourth-order valence-electron chi connectivity index (χ4n) is 4.38. The van der Waals surface area contributed by atoms with Gasteiger partial charge in [0.15, 0.2) is 5.69 Å². The van der Waals surface area contributed by atoms with Crippen molar-refractivity contribution in [1.82, 2.24) is 25.2 Å². The summed E-state index contributed by atoms with van der Waals surface area (Å²) in [7, 11) is 0. The highest BCUT2D eigenvalue weighted by atomic mass is 16.5. The predicted molar refractivity (Wildman–Crippen MR) is 116 cm³/mol. The molecule has 3 heterocycles. The van der Waals surface area contributed by atoms with Crippen LogP contribution in [0.4, 0.5) is 0 Å². The van der Waals surface area contributed by atoms with Crippen molar-refractivity contribution in [3.05, 3.63) is 40.7 Å². The van der Waals surface area contributed by atoms with Crippen LogP contribution in [0, 0.1) is 12.8 Å². The van der Waals surface area contributed by atoms with Gasteiger partial charge in [-0.15, -0.1) is 5.10 Å². The maximum Gasteiger partial charge on any atom is 0.273 e. The van der Waals surface area contributed by atoms with Crippen molar-refractivity contribution in [3.63, 3.8) is 0 Å². The standard InChI is InChI=1S/C23H33N5O2/c1-15(2)16(3)24-23(29)22-17(4)28(26-25-22)21-7-5-6-18-14-27(11-8-20(18)21)19-9-12-30-13-10-19/h5-7,15-16,19H,8-14H2,1-4H3,(H,24,29)/t16-/m0/s1. The van der Waals surface area contributed by atoms with Gasteiger partial charge in [0.05, 0.1) is 11.4 Å². The number of benzene rings is 1. The first-order valence-electron chi connectivity index (χ1n) is 11.1. The van der Waals surface area contributed by atoms with Crippen molar-refractivity contribution in [2.24, 2.45) is 5.92 Å². The van der Waals surface area contributed by atoms with E-state index in [1.54, 1.807) is 0 Å². The first kappa shape index (κ1) is 21.0. The van der Waals surface area contributed by atoms with E-state index in [9.17, 15) is 4.79 Å². The van der Waals surface area contributed by atoms with Gasteiger partial charge in [0.2, 0.25) is 0 Å². The highest BCUT2D eigenvalue weighted by Gasteiger charge is 2.28. The van der Waals surface area contributed by atoms with Gasteiger partial charge < -0.3 is 10.1 Å². The third-order valence-electron chi connectivity index (χ3n) is 6.67. The summed E-state index contributed by atoms with van der Waals surface area (Å²) in [4.78, 5) is 15.3. The van der Waals surface area contributed by atoms with Crippen LogP contribution in [-0.2, 0) is 17.7 Å². The molecule has 0 saturated carbocycles. The Morgan fingerprint density at radius 1 is 1.23 bits per heavy atom. The van der Waals surface area contributed by atoms with Crippen LogP contribution in [0.3, 0.4) is 0 Å². The molecule has 1 saturated heterocycles. The maximum absolute atomic E-state index is 12.7. The zero-order valence-corrected chi connectivity index (χ0v) is 18.5. The fourth-order valence-corrected chi connectivity index (χ4v) is 4.38. The lowest BCUT2D eigenvalue weighted by atomic mass is 9.95. The Morgan fingerprint density at radius 3 is 2.73 bits per heavy atom. The largest absolute Gasteiger partial charge is 0.381 e. The average molecular weight is 412 g/mol. The lowest BCUT2D eigenvalue weighted by molar-refractivity contribution is 0.0290. The van der Waals surface area contributed by atoms with E-state index >= 15 is 0 Å². The number of ether oxygens (including phenoxy) is 1. The molecule has 0 spiro atoms. The second kappa shape index (κ2) is 8.86. The van der Waals surface area contributed by atoms with Gasteiger partial charge in [-0.25, -0.2) is 4.68 Å². The SMILES string of the molecule is Cc1c(C(=O)N[C@@H](C)C(C)C)nnn1-c1cccc2c1CCN(C1CCOCC1)C2. The van der Waals surface area contributed by atoms with E-state index in [0.29, 0.717) is 17.7 Å². The predicted octanol–water partition coefficient (Wildman–Crippen LogP) is 2.89. The normalized spacial score (nSPS) is 19.0. The molecule has 1 aromatic carbocycles. The lowest BCUT2D eigenvalue weighted by Gasteiger charge is -2.38. The number of hydrogen-bond acceptors (Lipinski definition) is 5. The Balaban J connectivity index is 1.56. The van der Waals surface area contributed by atoms with E-state index in [0.717, 1.165) is 56.9 Å². The molecule has 2 aliphatic heterocycles. The molecule has 1 fully saturated rings. The number of carbonyl (C=O) groups excluding carboxylic acids is 1. The minimum Gasteiger partial charge on any atom is -0.381 e. The Labute approximate surface area is 178 Å². The number of nitrogens with zero attached hydrogens (tertiary/aromatic N) is 4.